The van der Waals surface area contributed by atoms with Crippen LogP contribution in [0.1, 0.15) is 46.0 Å². The van der Waals surface area contributed by atoms with Crippen molar-refractivity contribution >= 4 is 0 Å². The Hall–Kier alpha value is -0.340. The molecule has 0 aromatic heterocycles. The summed E-state index contributed by atoms with van der Waals surface area (Å²) >= 11 is 0. The maximum atomic E-state index is 9.97. The molecule has 2 nitrogen and oxygen atoms in total. The first kappa shape index (κ1) is 12.7. The summed E-state index contributed by atoms with van der Waals surface area (Å²) in [5, 5.41) is 13.4. The van der Waals surface area contributed by atoms with Gasteiger partial charge in [-0.25, -0.2) is 0 Å². The van der Waals surface area contributed by atoms with Gasteiger partial charge < -0.3 is 10.4 Å². The Labute approximate surface area is 93.8 Å². The molecule has 2 atom stereocenters. The van der Waals surface area contributed by atoms with Gasteiger partial charge in [-0.05, 0) is 45.1 Å². The number of nitrogens with one attached hydrogen (secondary N) is 1. The molecule has 0 bridgehead atoms. The van der Waals surface area contributed by atoms with Gasteiger partial charge in [-0.3, -0.25) is 0 Å². The van der Waals surface area contributed by atoms with Crippen molar-refractivity contribution in [1.82, 2.24) is 5.32 Å². The van der Waals surface area contributed by atoms with Crippen LogP contribution < -0.4 is 5.32 Å². The van der Waals surface area contributed by atoms with Gasteiger partial charge in [0.05, 0.1) is 5.60 Å². The van der Waals surface area contributed by atoms with Crippen LogP contribution in [0.5, 0.6) is 0 Å². The number of hydrogen-bond donors (Lipinski definition) is 2. The van der Waals surface area contributed by atoms with Crippen LogP contribution in [0.2, 0.25) is 0 Å². The average molecular weight is 211 g/mol. The third-order valence-electron chi connectivity index (χ3n) is 3.11. The van der Waals surface area contributed by atoms with E-state index in [0.29, 0.717) is 0 Å². The van der Waals surface area contributed by atoms with Gasteiger partial charge in [0.2, 0.25) is 0 Å². The van der Waals surface area contributed by atoms with Gasteiger partial charge in [0.15, 0.2) is 0 Å². The Balaban J connectivity index is 2.12. The summed E-state index contributed by atoms with van der Waals surface area (Å²) in [6.07, 6.45) is 10.2. The molecule has 0 aromatic rings. The smallest absolute Gasteiger partial charge is 0.0743 e. The fraction of sp³-hybridized carbons (Fsp3) is 0.846. The molecule has 0 aliphatic heterocycles. The largest absolute Gasteiger partial charge is 0.389 e. The highest BCUT2D eigenvalue weighted by atomic mass is 16.3. The average Bonchev–Trinajstić information content (AvgIpc) is 2.19. The van der Waals surface area contributed by atoms with Crippen molar-refractivity contribution in [2.75, 3.05) is 13.1 Å². The minimum absolute atomic E-state index is 0.529. The molecule has 0 saturated carbocycles. The molecule has 1 aliphatic carbocycles. The summed E-state index contributed by atoms with van der Waals surface area (Å²) < 4.78 is 0. The molecule has 0 amide bonds. The fourth-order valence-corrected chi connectivity index (χ4v) is 2.21. The zero-order valence-electron chi connectivity index (χ0n) is 10.1. The van der Waals surface area contributed by atoms with Crippen LogP contribution in [0.3, 0.4) is 0 Å². The van der Waals surface area contributed by atoms with Crippen molar-refractivity contribution in [3.63, 3.8) is 0 Å². The van der Waals surface area contributed by atoms with Gasteiger partial charge in [0.1, 0.15) is 0 Å². The van der Waals surface area contributed by atoms with E-state index < -0.39 is 5.60 Å². The van der Waals surface area contributed by atoms with Gasteiger partial charge in [-0.15, -0.1) is 0 Å². The summed E-state index contributed by atoms with van der Waals surface area (Å²) in [5.74, 6) is 0.771. The molecular weight excluding hydrogens is 186 g/mol. The van der Waals surface area contributed by atoms with Gasteiger partial charge in [0.25, 0.3) is 0 Å². The topological polar surface area (TPSA) is 32.3 Å². The highest BCUT2D eigenvalue weighted by Crippen LogP contribution is 2.17. The first-order valence-corrected chi connectivity index (χ1v) is 6.22. The van der Waals surface area contributed by atoms with Crippen LogP contribution >= 0.6 is 0 Å². The molecule has 0 aromatic carbocycles. The zero-order chi connectivity index (χ0) is 11.1. The standard InChI is InChI=1S/C13H25NO/c1-3-9-13(2,15)11-14-10-12-7-5-4-6-8-12/h4-5,12,14-15H,3,6-11H2,1-2H3. The molecule has 1 aliphatic rings. The summed E-state index contributed by atoms with van der Waals surface area (Å²) in [6, 6.07) is 0. The minimum Gasteiger partial charge on any atom is -0.389 e. The van der Waals surface area contributed by atoms with E-state index in [4.69, 9.17) is 0 Å². The van der Waals surface area contributed by atoms with Crippen molar-refractivity contribution in [3.05, 3.63) is 12.2 Å². The van der Waals surface area contributed by atoms with Crippen molar-refractivity contribution in [2.24, 2.45) is 5.92 Å². The molecule has 2 N–H and O–H groups in total. The minimum atomic E-state index is -0.529. The molecule has 2 heteroatoms. The molecule has 1 rings (SSSR count). The third-order valence-corrected chi connectivity index (χ3v) is 3.11. The number of rotatable bonds is 6. The lowest BCUT2D eigenvalue weighted by molar-refractivity contribution is 0.0491. The maximum Gasteiger partial charge on any atom is 0.0743 e. The third kappa shape index (κ3) is 5.33. The van der Waals surface area contributed by atoms with Crippen molar-refractivity contribution < 1.29 is 5.11 Å². The van der Waals surface area contributed by atoms with Crippen molar-refractivity contribution in [3.8, 4) is 0 Å². The van der Waals surface area contributed by atoms with E-state index in [1.165, 1.54) is 19.3 Å². The molecule has 0 heterocycles. The molecule has 0 fully saturated rings. The van der Waals surface area contributed by atoms with E-state index in [-0.39, 0.29) is 0 Å². The number of allylic oxidation sites excluding steroid dienone is 2. The van der Waals surface area contributed by atoms with E-state index in [9.17, 15) is 5.11 Å². The van der Waals surface area contributed by atoms with Crippen LogP contribution in [0, 0.1) is 5.92 Å². The predicted molar refractivity (Wildman–Crippen MR) is 64.9 cm³/mol. The molecule has 15 heavy (non-hydrogen) atoms. The quantitative estimate of drug-likeness (QED) is 0.662. The second-order valence-electron chi connectivity index (χ2n) is 5.03. The van der Waals surface area contributed by atoms with Crippen LogP contribution in [-0.4, -0.2) is 23.8 Å². The first-order chi connectivity index (χ1) is 7.14. The second kappa shape index (κ2) is 6.29. The van der Waals surface area contributed by atoms with Crippen LogP contribution in [0.15, 0.2) is 12.2 Å². The summed E-state index contributed by atoms with van der Waals surface area (Å²) in [6.45, 7) is 5.80. The van der Waals surface area contributed by atoms with Crippen LogP contribution in [0.4, 0.5) is 0 Å². The molecule has 0 radical (unpaired) electrons. The van der Waals surface area contributed by atoms with E-state index in [1.807, 2.05) is 6.92 Å². The molecular formula is C13H25NO. The lowest BCUT2D eigenvalue weighted by atomic mass is 9.94. The molecule has 2 unspecified atom stereocenters. The summed E-state index contributed by atoms with van der Waals surface area (Å²) in [7, 11) is 0. The first-order valence-electron chi connectivity index (χ1n) is 6.22. The zero-order valence-corrected chi connectivity index (χ0v) is 10.1. The lowest BCUT2D eigenvalue weighted by Gasteiger charge is -2.25. The highest BCUT2D eigenvalue weighted by Gasteiger charge is 2.19. The summed E-state index contributed by atoms with van der Waals surface area (Å²) in [5.41, 5.74) is -0.529. The van der Waals surface area contributed by atoms with Crippen LogP contribution in [0.25, 0.3) is 0 Å². The predicted octanol–water partition coefficient (Wildman–Crippen LogP) is 2.48. The summed E-state index contributed by atoms with van der Waals surface area (Å²) in [4.78, 5) is 0. The van der Waals surface area contributed by atoms with Gasteiger partial charge in [0, 0.05) is 6.54 Å². The lowest BCUT2D eigenvalue weighted by Crippen LogP contribution is -2.39. The van der Waals surface area contributed by atoms with Crippen LogP contribution in [-0.2, 0) is 0 Å². The Kier molecular flexibility index (Phi) is 5.34. The Morgan fingerprint density at radius 1 is 1.47 bits per heavy atom. The molecule has 0 spiro atoms. The Bertz CT molecular complexity index is 199. The maximum absolute atomic E-state index is 9.97. The number of hydrogen-bond acceptors (Lipinski definition) is 2. The van der Waals surface area contributed by atoms with E-state index in [1.54, 1.807) is 0 Å². The SMILES string of the molecule is CCCC(C)(O)CNCC1CC=CCC1. The highest BCUT2D eigenvalue weighted by molar-refractivity contribution is 4.90. The second-order valence-corrected chi connectivity index (χ2v) is 5.03. The Morgan fingerprint density at radius 2 is 2.27 bits per heavy atom. The van der Waals surface area contributed by atoms with E-state index >= 15 is 0 Å². The van der Waals surface area contributed by atoms with Gasteiger partial charge in [-0.1, -0.05) is 25.5 Å². The monoisotopic (exact) mass is 211 g/mol. The van der Waals surface area contributed by atoms with Gasteiger partial charge >= 0.3 is 0 Å². The normalized spacial score (nSPS) is 25.1. The molecule has 0 saturated heterocycles. The van der Waals surface area contributed by atoms with E-state index in [0.717, 1.165) is 31.8 Å². The Morgan fingerprint density at radius 3 is 2.87 bits per heavy atom. The number of aliphatic hydroxyl groups is 1. The van der Waals surface area contributed by atoms with Crippen molar-refractivity contribution in [2.45, 2.75) is 51.6 Å². The fourth-order valence-electron chi connectivity index (χ4n) is 2.21. The molecule has 88 valence electrons. The van der Waals surface area contributed by atoms with Gasteiger partial charge in [-0.2, -0.15) is 0 Å². The van der Waals surface area contributed by atoms with Crippen molar-refractivity contribution in [1.29, 1.82) is 0 Å². The van der Waals surface area contributed by atoms with E-state index in [2.05, 4.69) is 24.4 Å².